The van der Waals surface area contributed by atoms with E-state index in [1.165, 1.54) is 6.07 Å². The zero-order valence-electron chi connectivity index (χ0n) is 18.1. The Morgan fingerprint density at radius 3 is 2.12 bits per heavy atom. The highest BCUT2D eigenvalue weighted by atomic mass is 35.5. The summed E-state index contributed by atoms with van der Waals surface area (Å²) in [7, 11) is 0. The van der Waals surface area contributed by atoms with Crippen LogP contribution in [0.1, 0.15) is 21.5 Å². The van der Waals surface area contributed by atoms with Crippen LogP contribution in [0.4, 0.5) is 17.1 Å². The smallest absolute Gasteiger partial charge is 0.283 e. The van der Waals surface area contributed by atoms with Gasteiger partial charge in [0.15, 0.2) is 0 Å². The zero-order chi connectivity index (χ0) is 24.6. The molecule has 6 nitrogen and oxygen atoms in total. The van der Waals surface area contributed by atoms with Crippen LogP contribution in [-0.4, -0.2) is 17.7 Å². The standard InChI is InChI=1S/C25H18Cl3N3O3/c1-13-10-14(2)12-17(11-13)30-23(32)15-6-8-16(9-7-15)29-22-21(28)24(33)31(25(22)34)19-5-3-4-18(26)20(19)27/h3-12,29H,1-2H3,(H,30,32). The second-order valence-corrected chi connectivity index (χ2v) is 8.90. The molecule has 0 bridgehead atoms. The first kappa shape index (κ1) is 23.8. The molecule has 1 heterocycles. The Kier molecular flexibility index (Phi) is 6.66. The van der Waals surface area contributed by atoms with E-state index in [9.17, 15) is 14.4 Å². The summed E-state index contributed by atoms with van der Waals surface area (Å²) in [6.07, 6.45) is 0. The Morgan fingerprint density at radius 2 is 1.47 bits per heavy atom. The lowest BCUT2D eigenvalue weighted by Gasteiger charge is -2.17. The van der Waals surface area contributed by atoms with E-state index in [2.05, 4.69) is 10.6 Å². The molecule has 0 atom stereocenters. The maximum absolute atomic E-state index is 13.0. The van der Waals surface area contributed by atoms with Crippen molar-refractivity contribution in [2.75, 3.05) is 15.5 Å². The van der Waals surface area contributed by atoms with Gasteiger partial charge < -0.3 is 10.6 Å². The van der Waals surface area contributed by atoms with Crippen LogP contribution in [0, 0.1) is 13.8 Å². The predicted octanol–water partition coefficient (Wildman–Crippen LogP) is 6.30. The highest BCUT2D eigenvalue weighted by Crippen LogP contribution is 2.37. The van der Waals surface area contributed by atoms with Gasteiger partial charge in [-0.25, -0.2) is 4.90 Å². The number of carbonyl (C=O) groups excluding carboxylic acids is 3. The molecule has 0 fully saturated rings. The van der Waals surface area contributed by atoms with Crippen molar-refractivity contribution in [1.82, 2.24) is 0 Å². The minimum absolute atomic E-state index is 0.0655. The maximum atomic E-state index is 13.0. The van der Waals surface area contributed by atoms with Gasteiger partial charge in [0.1, 0.15) is 10.7 Å². The van der Waals surface area contributed by atoms with E-state index in [1.54, 1.807) is 36.4 Å². The summed E-state index contributed by atoms with van der Waals surface area (Å²) >= 11 is 18.4. The van der Waals surface area contributed by atoms with Crippen LogP contribution >= 0.6 is 34.8 Å². The molecule has 0 saturated carbocycles. The first-order valence-corrected chi connectivity index (χ1v) is 11.3. The van der Waals surface area contributed by atoms with E-state index < -0.39 is 11.8 Å². The summed E-state index contributed by atoms with van der Waals surface area (Å²) in [4.78, 5) is 39.1. The average molecular weight is 515 g/mol. The van der Waals surface area contributed by atoms with Crippen LogP contribution in [-0.2, 0) is 9.59 Å². The first-order valence-electron chi connectivity index (χ1n) is 10.1. The lowest BCUT2D eigenvalue weighted by Crippen LogP contribution is -2.32. The van der Waals surface area contributed by atoms with E-state index in [0.717, 1.165) is 16.0 Å². The topological polar surface area (TPSA) is 78.5 Å². The van der Waals surface area contributed by atoms with Gasteiger partial charge in [0.05, 0.1) is 15.7 Å². The monoisotopic (exact) mass is 513 g/mol. The van der Waals surface area contributed by atoms with E-state index in [0.29, 0.717) is 16.9 Å². The molecule has 2 N–H and O–H groups in total. The molecule has 3 aromatic carbocycles. The molecule has 9 heteroatoms. The lowest BCUT2D eigenvalue weighted by atomic mass is 10.1. The summed E-state index contributed by atoms with van der Waals surface area (Å²) in [5.74, 6) is -1.67. The summed E-state index contributed by atoms with van der Waals surface area (Å²) in [6, 6.07) is 16.8. The second-order valence-electron chi connectivity index (χ2n) is 7.74. The third-order valence-corrected chi connectivity index (χ3v) is 6.25. The summed E-state index contributed by atoms with van der Waals surface area (Å²) < 4.78 is 0. The van der Waals surface area contributed by atoms with Gasteiger partial charge in [0.25, 0.3) is 17.7 Å². The number of nitrogens with one attached hydrogen (secondary N) is 2. The van der Waals surface area contributed by atoms with Crippen LogP contribution in [0.2, 0.25) is 10.0 Å². The van der Waals surface area contributed by atoms with Crippen LogP contribution in [0.25, 0.3) is 0 Å². The van der Waals surface area contributed by atoms with Crippen molar-refractivity contribution in [3.8, 4) is 0 Å². The number of imide groups is 1. The quantitative estimate of drug-likeness (QED) is 0.392. The average Bonchev–Trinajstić information content (AvgIpc) is 2.99. The largest absolute Gasteiger partial charge is 0.350 e. The Labute approximate surface area is 211 Å². The number of aryl methyl sites for hydroxylation is 2. The van der Waals surface area contributed by atoms with Crippen molar-refractivity contribution < 1.29 is 14.4 Å². The predicted molar refractivity (Wildman–Crippen MR) is 136 cm³/mol. The molecule has 0 saturated heterocycles. The minimum Gasteiger partial charge on any atom is -0.350 e. The number of hydrogen-bond donors (Lipinski definition) is 2. The SMILES string of the molecule is Cc1cc(C)cc(NC(=O)c2ccc(NC3=C(Cl)C(=O)N(c4cccc(Cl)c4Cl)C3=O)cc2)c1. The van der Waals surface area contributed by atoms with Gasteiger partial charge in [-0.15, -0.1) is 0 Å². The molecule has 0 aromatic heterocycles. The number of benzene rings is 3. The first-order chi connectivity index (χ1) is 16.2. The third kappa shape index (κ3) is 4.66. The number of hydrogen-bond acceptors (Lipinski definition) is 4. The molecule has 1 aliphatic rings. The van der Waals surface area contributed by atoms with Crippen molar-refractivity contribution in [2.24, 2.45) is 0 Å². The van der Waals surface area contributed by atoms with E-state index in [4.69, 9.17) is 34.8 Å². The van der Waals surface area contributed by atoms with Crippen molar-refractivity contribution in [3.05, 3.63) is 98.1 Å². The highest BCUT2D eigenvalue weighted by Gasteiger charge is 2.40. The molecule has 1 aliphatic heterocycles. The van der Waals surface area contributed by atoms with Crippen LogP contribution in [0.15, 0.2) is 71.4 Å². The van der Waals surface area contributed by atoms with Crippen molar-refractivity contribution in [2.45, 2.75) is 13.8 Å². The normalized spacial score (nSPS) is 13.5. The molecule has 34 heavy (non-hydrogen) atoms. The van der Waals surface area contributed by atoms with E-state index >= 15 is 0 Å². The molecule has 3 amide bonds. The van der Waals surface area contributed by atoms with Crippen LogP contribution in [0.3, 0.4) is 0 Å². The van der Waals surface area contributed by atoms with E-state index in [1.807, 2.05) is 32.0 Å². The van der Waals surface area contributed by atoms with Gasteiger partial charge in [-0.3, -0.25) is 14.4 Å². The van der Waals surface area contributed by atoms with Gasteiger partial charge in [-0.2, -0.15) is 0 Å². The van der Waals surface area contributed by atoms with Crippen LogP contribution < -0.4 is 15.5 Å². The molecule has 0 aliphatic carbocycles. The number of nitrogens with zero attached hydrogens (tertiary/aromatic N) is 1. The van der Waals surface area contributed by atoms with Gasteiger partial charge in [-0.05, 0) is 73.5 Å². The fraction of sp³-hybridized carbons (Fsp3) is 0.0800. The number of amides is 3. The molecular formula is C25H18Cl3N3O3. The Morgan fingerprint density at radius 1 is 0.824 bits per heavy atom. The molecule has 172 valence electrons. The van der Waals surface area contributed by atoms with Crippen molar-refractivity contribution in [3.63, 3.8) is 0 Å². The lowest BCUT2D eigenvalue weighted by molar-refractivity contribution is -0.120. The summed E-state index contributed by atoms with van der Waals surface area (Å²) in [5.41, 5.74) is 3.72. The third-order valence-electron chi connectivity index (χ3n) is 5.10. The summed E-state index contributed by atoms with van der Waals surface area (Å²) in [6.45, 7) is 3.92. The minimum atomic E-state index is -0.720. The molecular weight excluding hydrogens is 497 g/mol. The van der Waals surface area contributed by atoms with Gasteiger partial charge in [0, 0.05) is 16.9 Å². The van der Waals surface area contributed by atoms with E-state index in [-0.39, 0.29) is 32.4 Å². The summed E-state index contributed by atoms with van der Waals surface area (Å²) in [5, 5.41) is 5.72. The van der Waals surface area contributed by atoms with Gasteiger partial charge in [0.2, 0.25) is 0 Å². The molecule has 4 rings (SSSR count). The highest BCUT2D eigenvalue weighted by molar-refractivity contribution is 6.54. The van der Waals surface area contributed by atoms with Crippen LogP contribution in [0.5, 0.6) is 0 Å². The fourth-order valence-electron chi connectivity index (χ4n) is 3.59. The van der Waals surface area contributed by atoms with Gasteiger partial charge in [-0.1, -0.05) is 46.9 Å². The maximum Gasteiger partial charge on any atom is 0.283 e. The fourth-order valence-corrected chi connectivity index (χ4v) is 4.19. The Balaban J connectivity index is 1.50. The van der Waals surface area contributed by atoms with Crippen molar-refractivity contribution in [1.29, 1.82) is 0 Å². The molecule has 3 aromatic rings. The number of halogens is 3. The Hall–Kier alpha value is -3.32. The number of rotatable bonds is 5. The molecule has 0 unspecified atom stereocenters. The molecule has 0 spiro atoms. The number of anilines is 3. The number of carbonyl (C=O) groups is 3. The molecule has 0 radical (unpaired) electrons. The zero-order valence-corrected chi connectivity index (χ0v) is 20.3. The Bertz CT molecular complexity index is 1350. The second kappa shape index (κ2) is 9.50. The van der Waals surface area contributed by atoms with Gasteiger partial charge >= 0.3 is 0 Å². The van der Waals surface area contributed by atoms with Crippen molar-refractivity contribution >= 4 is 69.6 Å².